The van der Waals surface area contributed by atoms with Crippen molar-refractivity contribution in [2.24, 2.45) is 0 Å². The average Bonchev–Trinajstić information content (AvgIpc) is 2.09. The normalized spacial score (nSPS) is 11.8. The van der Waals surface area contributed by atoms with Crippen molar-refractivity contribution >= 4 is 57.4 Å². The maximum atomic E-state index is 10.1. The topological polar surface area (TPSA) is 37.3 Å². The Morgan fingerprint density at radius 2 is 1.57 bits per heavy atom. The molecule has 0 heterocycles. The van der Waals surface area contributed by atoms with Crippen molar-refractivity contribution in [3.63, 3.8) is 0 Å². The summed E-state index contributed by atoms with van der Waals surface area (Å²) in [6, 6.07) is 0. The van der Waals surface area contributed by atoms with Crippen LogP contribution in [0.3, 0.4) is 0 Å². The van der Waals surface area contributed by atoms with E-state index < -0.39 is 5.97 Å². The Bertz CT molecular complexity index is 250. The van der Waals surface area contributed by atoms with Crippen molar-refractivity contribution in [2.45, 2.75) is 13.3 Å². The van der Waals surface area contributed by atoms with Gasteiger partial charge in [-0.15, -0.1) is 0 Å². The van der Waals surface area contributed by atoms with Crippen LogP contribution in [-0.4, -0.2) is 62.5 Å². The molecule has 0 radical (unpaired) electrons. The Morgan fingerprint density at radius 3 is 2.07 bits per heavy atom. The van der Waals surface area contributed by atoms with Crippen LogP contribution in [0.1, 0.15) is 13.3 Å². The molecule has 2 nitrogen and oxygen atoms in total. The number of aliphatic carboxylic acids is 1. The predicted molar refractivity (Wildman–Crippen MR) is 61.6 cm³/mol. The van der Waals surface area contributed by atoms with Crippen molar-refractivity contribution in [3.8, 4) is 0 Å². The second-order valence-electron chi connectivity index (χ2n) is 2.32. The molecule has 0 aromatic heterocycles. The van der Waals surface area contributed by atoms with Gasteiger partial charge in [0.25, 0.3) is 0 Å². The summed E-state index contributed by atoms with van der Waals surface area (Å²) in [6.07, 6.45) is 14.7. The summed E-state index contributed by atoms with van der Waals surface area (Å²) in [5.74, 6) is -0.811. The summed E-state index contributed by atoms with van der Waals surface area (Å²) in [7, 11) is 0. The molecular formula is C11H15KO2. The first kappa shape index (κ1) is 16.5. The number of hydrogen-bond donors (Lipinski definition) is 1. The predicted octanol–water partition coefficient (Wildman–Crippen LogP) is 2.06. The monoisotopic (exact) mass is 218 g/mol. The molecule has 0 aliphatic rings. The first-order valence-corrected chi connectivity index (χ1v) is 4.10. The minimum atomic E-state index is -0.811. The van der Waals surface area contributed by atoms with E-state index in [1.54, 1.807) is 18.2 Å². The molecule has 0 aliphatic heterocycles. The van der Waals surface area contributed by atoms with E-state index in [9.17, 15) is 4.79 Å². The zero-order valence-corrected chi connectivity index (χ0v) is 7.68. The first-order chi connectivity index (χ1) is 6.27. The Hall–Kier alpha value is 0.0664. The van der Waals surface area contributed by atoms with Gasteiger partial charge in [0.1, 0.15) is 0 Å². The first-order valence-electron chi connectivity index (χ1n) is 4.10. The van der Waals surface area contributed by atoms with Gasteiger partial charge in [0.2, 0.25) is 0 Å². The maximum absolute atomic E-state index is 10.1. The number of allylic oxidation sites excluding steroid dienone is 7. The molecule has 0 unspecified atom stereocenters. The van der Waals surface area contributed by atoms with E-state index in [4.69, 9.17) is 5.11 Å². The molecule has 0 aromatic carbocycles. The molecule has 0 saturated heterocycles. The number of hydrogen-bond acceptors (Lipinski definition) is 1. The Kier molecular flexibility index (Phi) is 15.4. The van der Waals surface area contributed by atoms with E-state index >= 15 is 0 Å². The van der Waals surface area contributed by atoms with E-state index in [-0.39, 0.29) is 57.8 Å². The molecule has 72 valence electrons. The molecule has 0 spiro atoms. The standard InChI is InChI=1S/C11H14O2.K.H/c1-2-3-4-5-6-7-8-9-10-11(12)13;;/h2-9H,10H2,1H3,(H,12,13);;. The quantitative estimate of drug-likeness (QED) is 0.566. The zero-order valence-electron chi connectivity index (χ0n) is 7.68. The van der Waals surface area contributed by atoms with Crippen LogP contribution in [0.15, 0.2) is 48.6 Å². The van der Waals surface area contributed by atoms with Crippen molar-refractivity contribution in [3.05, 3.63) is 48.6 Å². The third kappa shape index (κ3) is 14.6. The Morgan fingerprint density at radius 1 is 1.07 bits per heavy atom. The summed E-state index contributed by atoms with van der Waals surface area (Å²) in [4.78, 5) is 10.1. The molecule has 14 heavy (non-hydrogen) atoms. The molecule has 1 N–H and O–H groups in total. The fourth-order valence-electron chi connectivity index (χ4n) is 0.615. The molecule has 0 bridgehead atoms. The van der Waals surface area contributed by atoms with E-state index in [0.29, 0.717) is 0 Å². The second kappa shape index (κ2) is 13.1. The average molecular weight is 218 g/mol. The van der Waals surface area contributed by atoms with Gasteiger partial charge in [0, 0.05) is 0 Å². The Labute approximate surface area is 128 Å². The van der Waals surface area contributed by atoms with Crippen molar-refractivity contribution in [1.82, 2.24) is 0 Å². The van der Waals surface area contributed by atoms with Crippen molar-refractivity contribution in [2.75, 3.05) is 0 Å². The molecule has 0 aliphatic carbocycles. The van der Waals surface area contributed by atoms with Crippen LogP contribution in [0.2, 0.25) is 0 Å². The van der Waals surface area contributed by atoms with Gasteiger partial charge in [-0.25, -0.2) is 0 Å². The molecule has 0 rings (SSSR count). The molecule has 0 atom stereocenters. The molecule has 0 fully saturated rings. The van der Waals surface area contributed by atoms with Crippen LogP contribution >= 0.6 is 0 Å². The molecule has 0 amide bonds. The van der Waals surface area contributed by atoms with Crippen LogP contribution in [0.5, 0.6) is 0 Å². The van der Waals surface area contributed by atoms with E-state index in [1.807, 2.05) is 37.3 Å². The molecule has 3 heteroatoms. The van der Waals surface area contributed by atoms with Gasteiger partial charge in [-0.2, -0.15) is 0 Å². The minimum absolute atomic E-state index is 0. The zero-order chi connectivity index (χ0) is 9.94. The summed E-state index contributed by atoms with van der Waals surface area (Å²) in [5, 5.41) is 8.29. The van der Waals surface area contributed by atoms with Crippen LogP contribution in [0.25, 0.3) is 0 Å². The SMILES string of the molecule is CC=CC=CC=CC=CCC(=O)O.[KH]. The van der Waals surface area contributed by atoms with E-state index in [0.717, 1.165) is 0 Å². The number of carboxylic acids is 1. The van der Waals surface area contributed by atoms with E-state index in [1.165, 1.54) is 0 Å². The summed E-state index contributed by atoms with van der Waals surface area (Å²) < 4.78 is 0. The Balaban J connectivity index is 0. The van der Waals surface area contributed by atoms with Crippen LogP contribution < -0.4 is 0 Å². The van der Waals surface area contributed by atoms with Crippen molar-refractivity contribution in [1.29, 1.82) is 0 Å². The van der Waals surface area contributed by atoms with Crippen molar-refractivity contribution < 1.29 is 9.90 Å². The summed E-state index contributed by atoms with van der Waals surface area (Å²) >= 11 is 0. The summed E-state index contributed by atoms with van der Waals surface area (Å²) in [5.41, 5.74) is 0. The number of rotatable bonds is 5. The molecule has 0 aromatic rings. The molecular weight excluding hydrogens is 203 g/mol. The number of carboxylic acid groups (broad SMARTS) is 1. The van der Waals surface area contributed by atoms with Gasteiger partial charge in [-0.3, -0.25) is 4.79 Å². The van der Waals surface area contributed by atoms with E-state index in [2.05, 4.69) is 0 Å². The summed E-state index contributed by atoms with van der Waals surface area (Å²) in [6.45, 7) is 1.95. The van der Waals surface area contributed by atoms with Gasteiger partial charge < -0.3 is 5.11 Å². The second-order valence-corrected chi connectivity index (χ2v) is 2.32. The van der Waals surface area contributed by atoms with Gasteiger partial charge in [-0.05, 0) is 6.92 Å². The van der Waals surface area contributed by atoms with Gasteiger partial charge in [0.15, 0.2) is 0 Å². The van der Waals surface area contributed by atoms with Gasteiger partial charge in [0.05, 0.1) is 6.42 Å². The number of carbonyl (C=O) groups is 1. The molecule has 0 saturated carbocycles. The third-order valence-corrected chi connectivity index (χ3v) is 1.18. The van der Waals surface area contributed by atoms with Crippen LogP contribution in [-0.2, 0) is 4.79 Å². The van der Waals surface area contributed by atoms with Gasteiger partial charge >= 0.3 is 57.4 Å². The fourth-order valence-corrected chi connectivity index (χ4v) is 0.615. The third-order valence-electron chi connectivity index (χ3n) is 1.18. The fraction of sp³-hybridized carbons (Fsp3) is 0.182. The van der Waals surface area contributed by atoms with Crippen LogP contribution in [0, 0.1) is 0 Å². The van der Waals surface area contributed by atoms with Gasteiger partial charge in [-0.1, -0.05) is 48.6 Å². The van der Waals surface area contributed by atoms with Crippen LogP contribution in [0.4, 0.5) is 0 Å².